The molecule has 8 nitrogen and oxygen atoms in total. The van der Waals surface area contributed by atoms with Crippen LogP contribution in [0, 0.1) is 0 Å². The molecule has 1 amide bonds. The second-order valence-electron chi connectivity index (χ2n) is 7.24. The molecule has 0 radical (unpaired) electrons. The quantitative estimate of drug-likeness (QED) is 0.747. The Hall–Kier alpha value is -3.29. The normalized spacial score (nSPS) is 18.3. The molecule has 0 saturated carbocycles. The van der Waals surface area contributed by atoms with Gasteiger partial charge in [0.05, 0.1) is 5.69 Å². The van der Waals surface area contributed by atoms with E-state index in [1.54, 1.807) is 18.6 Å². The molecular formula is C20H21N7O. The molecule has 2 aliphatic rings. The summed E-state index contributed by atoms with van der Waals surface area (Å²) in [4.78, 5) is 27.9. The van der Waals surface area contributed by atoms with Gasteiger partial charge >= 0.3 is 0 Å². The highest BCUT2D eigenvalue weighted by Gasteiger charge is 2.27. The zero-order valence-corrected chi connectivity index (χ0v) is 15.5. The molecule has 1 saturated heterocycles. The maximum atomic E-state index is 12.5. The Morgan fingerprint density at radius 3 is 3.04 bits per heavy atom. The zero-order chi connectivity index (χ0) is 18.9. The number of amides is 1. The summed E-state index contributed by atoms with van der Waals surface area (Å²) < 4.78 is 1.94. The largest absolute Gasteiger partial charge is 0.346 e. The van der Waals surface area contributed by atoms with E-state index in [4.69, 9.17) is 0 Å². The molecule has 2 aliphatic heterocycles. The second kappa shape index (κ2) is 7.03. The van der Waals surface area contributed by atoms with Crippen molar-refractivity contribution in [1.82, 2.24) is 30.0 Å². The van der Waals surface area contributed by atoms with Crippen molar-refractivity contribution < 1.29 is 4.79 Å². The highest BCUT2D eigenvalue weighted by molar-refractivity contribution is 5.92. The minimum Gasteiger partial charge on any atom is -0.346 e. The molecular weight excluding hydrogens is 354 g/mol. The first-order valence-corrected chi connectivity index (χ1v) is 9.62. The highest BCUT2D eigenvalue weighted by Crippen LogP contribution is 2.21. The maximum Gasteiger partial charge on any atom is 0.272 e. The van der Waals surface area contributed by atoms with Crippen LogP contribution in [0.2, 0.25) is 0 Å². The Morgan fingerprint density at radius 2 is 2.18 bits per heavy atom. The lowest BCUT2D eigenvalue weighted by atomic mass is 10.2. The van der Waals surface area contributed by atoms with Gasteiger partial charge in [0.1, 0.15) is 5.69 Å². The smallest absolute Gasteiger partial charge is 0.272 e. The van der Waals surface area contributed by atoms with Crippen LogP contribution in [0.1, 0.15) is 29.0 Å². The molecule has 5 rings (SSSR count). The van der Waals surface area contributed by atoms with Crippen molar-refractivity contribution in [3.05, 3.63) is 54.2 Å². The summed E-state index contributed by atoms with van der Waals surface area (Å²) >= 11 is 0. The molecule has 0 aliphatic carbocycles. The lowest BCUT2D eigenvalue weighted by Crippen LogP contribution is -2.37. The molecule has 0 bridgehead atoms. The number of pyridine rings is 1. The Bertz CT molecular complexity index is 979. The van der Waals surface area contributed by atoms with Gasteiger partial charge in [0.2, 0.25) is 5.95 Å². The predicted octanol–water partition coefficient (Wildman–Crippen LogP) is 1.69. The molecule has 3 aromatic heterocycles. The number of anilines is 1. The van der Waals surface area contributed by atoms with E-state index >= 15 is 0 Å². The average Bonchev–Trinajstić information content (AvgIpc) is 3.45. The van der Waals surface area contributed by atoms with Gasteiger partial charge in [-0.1, -0.05) is 0 Å². The summed E-state index contributed by atoms with van der Waals surface area (Å²) in [6.07, 6.45) is 8.28. The van der Waals surface area contributed by atoms with Gasteiger partial charge in [-0.25, -0.2) is 9.97 Å². The minimum atomic E-state index is -0.0984. The highest BCUT2D eigenvalue weighted by atomic mass is 16.2. The maximum absolute atomic E-state index is 12.5. The number of hydrogen-bond acceptors (Lipinski definition) is 6. The number of carbonyl (C=O) groups excluding carboxylic acids is 1. The van der Waals surface area contributed by atoms with Gasteiger partial charge in [0, 0.05) is 55.5 Å². The first kappa shape index (κ1) is 16.9. The number of fused-ring (bicyclic) bond motifs is 1. The molecule has 1 fully saturated rings. The zero-order valence-electron chi connectivity index (χ0n) is 15.5. The number of aromatic nitrogens is 5. The van der Waals surface area contributed by atoms with E-state index in [1.165, 1.54) is 0 Å². The van der Waals surface area contributed by atoms with Gasteiger partial charge in [-0.15, -0.1) is 0 Å². The van der Waals surface area contributed by atoms with Crippen LogP contribution in [0.4, 0.5) is 5.95 Å². The fraction of sp³-hybridized carbons (Fsp3) is 0.350. The van der Waals surface area contributed by atoms with E-state index in [2.05, 4.69) is 30.3 Å². The van der Waals surface area contributed by atoms with Crippen LogP contribution in [0.5, 0.6) is 0 Å². The van der Waals surface area contributed by atoms with Crippen LogP contribution in [0.3, 0.4) is 0 Å². The summed E-state index contributed by atoms with van der Waals surface area (Å²) in [6, 6.07) is 7.73. The van der Waals surface area contributed by atoms with Crippen LogP contribution in [0.25, 0.3) is 11.3 Å². The van der Waals surface area contributed by atoms with Gasteiger partial charge in [-0.05, 0) is 43.5 Å². The Balaban J connectivity index is 1.25. The Morgan fingerprint density at radius 1 is 1.21 bits per heavy atom. The third-order valence-electron chi connectivity index (χ3n) is 5.31. The first-order chi connectivity index (χ1) is 13.8. The van der Waals surface area contributed by atoms with Crippen LogP contribution in [-0.4, -0.2) is 49.8 Å². The van der Waals surface area contributed by atoms with Crippen molar-refractivity contribution in [3.8, 4) is 11.3 Å². The minimum absolute atomic E-state index is 0.0645. The fourth-order valence-electron chi connectivity index (χ4n) is 3.87. The number of nitrogens with zero attached hydrogens (tertiary/aromatic N) is 6. The Kier molecular flexibility index (Phi) is 4.23. The third kappa shape index (κ3) is 3.21. The van der Waals surface area contributed by atoms with Crippen LogP contribution in [0.15, 0.2) is 42.9 Å². The number of rotatable bonds is 4. The van der Waals surface area contributed by atoms with Crippen molar-refractivity contribution in [2.75, 3.05) is 18.0 Å². The van der Waals surface area contributed by atoms with E-state index in [-0.39, 0.29) is 11.9 Å². The van der Waals surface area contributed by atoms with E-state index in [1.807, 2.05) is 28.9 Å². The molecule has 1 N–H and O–H groups in total. The van der Waals surface area contributed by atoms with Crippen molar-refractivity contribution in [1.29, 1.82) is 0 Å². The first-order valence-electron chi connectivity index (χ1n) is 9.62. The average molecular weight is 375 g/mol. The third-order valence-corrected chi connectivity index (χ3v) is 5.31. The molecule has 1 atom stereocenters. The summed E-state index contributed by atoms with van der Waals surface area (Å²) in [6.45, 7) is 2.40. The summed E-state index contributed by atoms with van der Waals surface area (Å²) in [7, 11) is 0. The predicted molar refractivity (Wildman–Crippen MR) is 104 cm³/mol. The number of nitrogens with one attached hydrogen (secondary N) is 1. The van der Waals surface area contributed by atoms with Gasteiger partial charge in [0.15, 0.2) is 0 Å². The lowest BCUT2D eigenvalue weighted by molar-refractivity contribution is 0.0934. The van der Waals surface area contributed by atoms with Crippen LogP contribution < -0.4 is 10.2 Å². The second-order valence-corrected chi connectivity index (χ2v) is 7.24. The standard InChI is InChI=1S/C20H21N7O/c28-19(18-11-16-4-2-9-27(16)25-18)23-15-6-10-26(13-15)20-22-8-5-17(24-20)14-3-1-7-21-12-14/h1,3,5,7-8,11-12,15H,2,4,6,9-10,13H2,(H,23,28). The van der Waals surface area contributed by atoms with E-state index in [0.717, 1.165) is 49.3 Å². The molecule has 0 spiro atoms. The van der Waals surface area contributed by atoms with E-state index < -0.39 is 0 Å². The summed E-state index contributed by atoms with van der Waals surface area (Å²) in [5.74, 6) is 0.581. The molecule has 5 heterocycles. The van der Waals surface area contributed by atoms with Crippen molar-refractivity contribution >= 4 is 11.9 Å². The van der Waals surface area contributed by atoms with Gasteiger partial charge in [0.25, 0.3) is 5.91 Å². The Labute approximate surface area is 162 Å². The molecule has 142 valence electrons. The summed E-state index contributed by atoms with van der Waals surface area (Å²) in [5.41, 5.74) is 3.47. The molecule has 0 aromatic carbocycles. The fourth-order valence-corrected chi connectivity index (χ4v) is 3.87. The lowest BCUT2D eigenvalue weighted by Gasteiger charge is -2.17. The van der Waals surface area contributed by atoms with E-state index in [9.17, 15) is 4.79 Å². The molecule has 8 heteroatoms. The SMILES string of the molecule is O=C(NC1CCN(c2nccc(-c3cccnc3)n2)C1)c1cc2n(n1)CCC2. The topological polar surface area (TPSA) is 88.8 Å². The van der Waals surface area contributed by atoms with Gasteiger partial charge < -0.3 is 10.2 Å². The number of aryl methyl sites for hydroxylation is 2. The number of carbonyl (C=O) groups is 1. The molecule has 28 heavy (non-hydrogen) atoms. The van der Waals surface area contributed by atoms with Crippen LogP contribution >= 0.6 is 0 Å². The van der Waals surface area contributed by atoms with Crippen LogP contribution in [-0.2, 0) is 13.0 Å². The number of hydrogen-bond donors (Lipinski definition) is 1. The van der Waals surface area contributed by atoms with Gasteiger partial charge in [-0.3, -0.25) is 14.5 Å². The van der Waals surface area contributed by atoms with Crippen molar-refractivity contribution in [2.24, 2.45) is 0 Å². The monoisotopic (exact) mass is 375 g/mol. The van der Waals surface area contributed by atoms with Crippen molar-refractivity contribution in [2.45, 2.75) is 31.8 Å². The summed E-state index contributed by atoms with van der Waals surface area (Å²) in [5, 5.41) is 7.52. The van der Waals surface area contributed by atoms with Gasteiger partial charge in [-0.2, -0.15) is 5.10 Å². The molecule has 1 unspecified atom stereocenters. The van der Waals surface area contributed by atoms with E-state index in [0.29, 0.717) is 18.2 Å². The molecule has 3 aromatic rings. The van der Waals surface area contributed by atoms with Crippen molar-refractivity contribution in [3.63, 3.8) is 0 Å².